The summed E-state index contributed by atoms with van der Waals surface area (Å²) >= 11 is 6.04. The van der Waals surface area contributed by atoms with Gasteiger partial charge in [-0.1, -0.05) is 49.4 Å². The number of ether oxygens (including phenoxy) is 3. The Morgan fingerprint density at radius 2 is 1.77 bits per heavy atom. The van der Waals surface area contributed by atoms with Crippen LogP contribution in [-0.4, -0.2) is 68.5 Å². The molecule has 3 fully saturated rings. The molecule has 5 heterocycles. The maximum absolute atomic E-state index is 11.6. The second-order valence-corrected chi connectivity index (χ2v) is 13.0. The number of hydrogen-bond donors (Lipinski definition) is 2. The Balaban J connectivity index is 0.000000590. The number of imidazole rings is 1. The van der Waals surface area contributed by atoms with E-state index in [0.29, 0.717) is 29.7 Å². The summed E-state index contributed by atoms with van der Waals surface area (Å²) in [6, 6.07) is 14.9. The van der Waals surface area contributed by atoms with Gasteiger partial charge in [-0.05, 0) is 74.7 Å². The number of aromatic carboxylic acids is 1. The van der Waals surface area contributed by atoms with Gasteiger partial charge in [-0.2, -0.15) is 0 Å². The molecule has 0 unspecified atom stereocenters. The van der Waals surface area contributed by atoms with E-state index in [1.54, 1.807) is 30.5 Å². The van der Waals surface area contributed by atoms with Crippen molar-refractivity contribution in [3.63, 3.8) is 0 Å². The summed E-state index contributed by atoms with van der Waals surface area (Å²) in [4.78, 5) is 23.4. The summed E-state index contributed by atoms with van der Waals surface area (Å²) in [7, 11) is 1.00. The average molecular weight is 663 g/mol. The number of benzene rings is 2. The summed E-state index contributed by atoms with van der Waals surface area (Å²) in [6.07, 6.45) is 10.7. The summed E-state index contributed by atoms with van der Waals surface area (Å²) in [5.41, 5.74) is 3.76. The molecule has 0 amide bonds. The smallest absolute Gasteiger partial charge is 0.335 e. The van der Waals surface area contributed by atoms with Crippen molar-refractivity contribution in [2.24, 2.45) is 0 Å². The highest BCUT2D eigenvalue weighted by atomic mass is 35.5. The number of aromatic nitrogens is 3. The number of nitrogens with zero attached hydrogens (tertiary/aromatic N) is 4. The van der Waals surface area contributed by atoms with Crippen LogP contribution in [0.5, 0.6) is 11.5 Å². The van der Waals surface area contributed by atoms with E-state index in [1.807, 2.05) is 25.1 Å². The second kappa shape index (κ2) is 14.6. The molecule has 2 N–H and O–H groups in total. The first-order valence-electron chi connectivity index (χ1n) is 16.5. The van der Waals surface area contributed by atoms with Crippen LogP contribution in [0, 0.1) is 0 Å². The molecular weight excluding hydrogens is 620 g/mol. The minimum atomic E-state index is -1.01. The lowest BCUT2D eigenvalue weighted by Crippen LogP contribution is -2.35. The van der Waals surface area contributed by atoms with Crippen molar-refractivity contribution in [2.45, 2.75) is 82.8 Å². The summed E-state index contributed by atoms with van der Waals surface area (Å²) in [5, 5.41) is 17.1. The van der Waals surface area contributed by atoms with Crippen LogP contribution in [0.25, 0.3) is 11.0 Å². The zero-order chi connectivity index (χ0) is 33.0. The summed E-state index contributed by atoms with van der Waals surface area (Å²) < 4.78 is 20.6. The van der Waals surface area contributed by atoms with Gasteiger partial charge in [0.2, 0.25) is 0 Å². The van der Waals surface area contributed by atoms with Crippen LogP contribution in [-0.2, 0) is 23.6 Å². The lowest BCUT2D eigenvalue weighted by atomic mass is 9.88. The van der Waals surface area contributed by atoms with Crippen LogP contribution >= 0.6 is 11.6 Å². The third kappa shape index (κ3) is 7.26. The molecule has 0 radical (unpaired) electrons. The molecule has 2 saturated heterocycles. The number of hydrogen-bond acceptors (Lipinski definition) is 8. The van der Waals surface area contributed by atoms with E-state index in [2.05, 4.69) is 20.5 Å². The fraction of sp³-hybridized carbons (Fsp3) is 0.472. The molecule has 11 heteroatoms. The van der Waals surface area contributed by atoms with Gasteiger partial charge in [-0.25, -0.2) is 9.78 Å². The molecule has 0 bridgehead atoms. The van der Waals surface area contributed by atoms with Crippen LogP contribution in [0.3, 0.4) is 0 Å². The Kier molecular flexibility index (Phi) is 10.3. The van der Waals surface area contributed by atoms with Crippen LogP contribution in [0.2, 0.25) is 5.02 Å². The fourth-order valence-electron chi connectivity index (χ4n) is 6.33. The Bertz CT molecular complexity index is 1680. The lowest BCUT2D eigenvalue weighted by Gasteiger charge is -2.33. The number of carboxylic acids is 1. The van der Waals surface area contributed by atoms with Gasteiger partial charge < -0.3 is 29.0 Å². The molecule has 10 nitrogen and oxygen atoms in total. The Labute approximate surface area is 280 Å². The van der Waals surface area contributed by atoms with Gasteiger partial charge in [0.1, 0.15) is 11.5 Å². The summed E-state index contributed by atoms with van der Waals surface area (Å²) in [6.45, 7) is 5.86. The first-order chi connectivity index (χ1) is 22.9. The van der Waals surface area contributed by atoms with E-state index in [9.17, 15) is 9.90 Å². The second-order valence-electron chi connectivity index (χ2n) is 12.6. The van der Waals surface area contributed by atoms with Crippen molar-refractivity contribution in [2.75, 3.05) is 26.8 Å². The predicted molar refractivity (Wildman–Crippen MR) is 179 cm³/mol. The number of fused-ring (bicyclic) bond motifs is 2. The van der Waals surface area contributed by atoms with E-state index in [1.165, 1.54) is 25.7 Å². The number of rotatable bonds is 7. The van der Waals surface area contributed by atoms with Gasteiger partial charge in [0.05, 0.1) is 40.8 Å². The minimum absolute atomic E-state index is 0.140. The normalized spacial score (nSPS) is 21.9. The highest BCUT2D eigenvalue weighted by Gasteiger charge is 2.42. The van der Waals surface area contributed by atoms with E-state index in [4.69, 9.17) is 35.9 Å². The van der Waals surface area contributed by atoms with Crippen molar-refractivity contribution in [3.05, 3.63) is 82.4 Å². The molecule has 1 aliphatic carbocycles. The molecule has 2 aromatic heterocycles. The van der Waals surface area contributed by atoms with Gasteiger partial charge in [0, 0.05) is 32.4 Å². The van der Waals surface area contributed by atoms with Crippen molar-refractivity contribution >= 4 is 28.6 Å². The number of aliphatic hydroxyl groups excluding tert-OH is 1. The summed E-state index contributed by atoms with van der Waals surface area (Å²) in [5.74, 6) is 0.868. The SMILES string of the molecule is C1CCC1.CO.C[C@]1(c2ccc(Cl)cn2)Oc2cccc(C3CCN(Cc4nc5ccc(C(=O)O)cc5n4C[C@@H]4CCO4)CC3)c2O1. The van der Waals surface area contributed by atoms with Gasteiger partial charge in [0.15, 0.2) is 11.5 Å². The van der Waals surface area contributed by atoms with Crippen molar-refractivity contribution in [1.29, 1.82) is 0 Å². The Morgan fingerprint density at radius 1 is 1.02 bits per heavy atom. The highest BCUT2D eigenvalue weighted by molar-refractivity contribution is 6.30. The van der Waals surface area contributed by atoms with Gasteiger partial charge in [0.25, 0.3) is 5.79 Å². The van der Waals surface area contributed by atoms with Gasteiger partial charge >= 0.3 is 5.97 Å². The van der Waals surface area contributed by atoms with Crippen LogP contribution in [0.15, 0.2) is 54.7 Å². The number of pyridine rings is 1. The highest BCUT2D eigenvalue weighted by Crippen LogP contribution is 2.49. The molecule has 4 aromatic rings. The topological polar surface area (TPSA) is 119 Å². The predicted octanol–water partition coefficient (Wildman–Crippen LogP) is 6.76. The van der Waals surface area contributed by atoms with Crippen LogP contribution in [0.1, 0.15) is 85.2 Å². The number of carbonyl (C=O) groups is 1. The maximum atomic E-state index is 11.6. The van der Waals surface area contributed by atoms with Gasteiger partial charge in [-0.15, -0.1) is 0 Å². The number of piperidine rings is 1. The quantitative estimate of drug-likeness (QED) is 0.221. The molecule has 2 atom stereocenters. The van der Waals surface area contributed by atoms with Gasteiger partial charge in [-0.3, -0.25) is 9.88 Å². The first kappa shape index (κ1) is 33.2. The van der Waals surface area contributed by atoms with Crippen molar-refractivity contribution < 1.29 is 29.2 Å². The molecular formula is C36H43ClN4O6. The molecule has 3 aliphatic heterocycles. The number of para-hydroxylation sites is 1. The number of likely N-dealkylation sites (tertiary alicyclic amines) is 1. The first-order valence-corrected chi connectivity index (χ1v) is 16.9. The third-order valence-electron chi connectivity index (χ3n) is 9.45. The monoisotopic (exact) mass is 662 g/mol. The zero-order valence-corrected chi connectivity index (χ0v) is 27.8. The number of carboxylic acid groups (broad SMARTS) is 1. The molecule has 47 heavy (non-hydrogen) atoms. The largest absolute Gasteiger partial charge is 0.478 e. The third-order valence-corrected chi connectivity index (χ3v) is 9.67. The molecule has 8 rings (SSSR count). The van der Waals surface area contributed by atoms with E-state index in [0.717, 1.165) is 80.0 Å². The number of aliphatic hydroxyl groups is 1. The lowest BCUT2D eigenvalue weighted by molar-refractivity contribution is -0.0722. The molecule has 2 aromatic carbocycles. The molecule has 4 aliphatic rings. The minimum Gasteiger partial charge on any atom is -0.478 e. The van der Waals surface area contributed by atoms with E-state index < -0.39 is 11.8 Å². The standard InChI is InChI=1S/C31H31ClN4O5.C4H8.CH4O/c1-31(27-8-6-21(32)16-33-27)40-26-4-2-3-23(29(26)41-31)19-9-12-35(13-10-19)18-28-34-24-7-5-20(30(37)38)15-25(24)36(28)17-22-11-14-39-22;1-2-4-3-1;1-2/h2-8,15-16,19,22H,9-14,17-18H2,1H3,(H,37,38);1-4H2;2H,1H3/t22-,31-;;/m0../s1. The van der Waals surface area contributed by atoms with Crippen molar-refractivity contribution in [1.82, 2.24) is 19.4 Å². The maximum Gasteiger partial charge on any atom is 0.335 e. The fourth-order valence-corrected chi connectivity index (χ4v) is 6.44. The molecule has 0 spiro atoms. The zero-order valence-electron chi connectivity index (χ0n) is 27.0. The van der Waals surface area contributed by atoms with Crippen LogP contribution < -0.4 is 9.47 Å². The number of halogens is 1. The average Bonchev–Trinajstić information content (AvgIpc) is 3.56. The Morgan fingerprint density at radius 3 is 2.38 bits per heavy atom. The van der Waals surface area contributed by atoms with Crippen LogP contribution in [0.4, 0.5) is 0 Å². The van der Waals surface area contributed by atoms with E-state index in [-0.39, 0.29) is 11.7 Å². The Hall–Kier alpha value is -3.70. The molecule has 250 valence electrons. The molecule has 1 saturated carbocycles. The van der Waals surface area contributed by atoms with Crippen molar-refractivity contribution in [3.8, 4) is 11.5 Å². The van der Waals surface area contributed by atoms with E-state index >= 15 is 0 Å².